The molecule has 0 aromatic rings. The second-order valence-corrected chi connectivity index (χ2v) is 4.86. The van der Waals surface area contributed by atoms with Gasteiger partial charge in [0.1, 0.15) is 0 Å². The monoisotopic (exact) mass is 177 g/mol. The first kappa shape index (κ1) is 10.7. The van der Waals surface area contributed by atoms with E-state index >= 15 is 0 Å². The summed E-state index contributed by atoms with van der Waals surface area (Å²) in [5, 5.41) is 4.02. The fourth-order valence-corrected chi connectivity index (χ4v) is 3.01. The van der Waals surface area contributed by atoms with Crippen molar-refractivity contribution in [3.63, 3.8) is 0 Å². The predicted molar refractivity (Wildman–Crippen MR) is 55.7 cm³/mol. The fourth-order valence-electron chi connectivity index (χ4n) is 0.635. The third-order valence-electron chi connectivity index (χ3n) is 1.01. The van der Waals surface area contributed by atoms with Crippen molar-refractivity contribution >= 4 is 28.6 Å². The molecule has 0 bridgehead atoms. The van der Waals surface area contributed by atoms with E-state index in [0.717, 1.165) is 6.54 Å². The van der Waals surface area contributed by atoms with E-state index in [2.05, 4.69) is 26.0 Å². The van der Waals surface area contributed by atoms with E-state index in [-0.39, 0.29) is 0 Å². The maximum Gasteiger partial charge on any atom is 0.358 e. The Morgan fingerprint density at radius 2 is 1.60 bits per heavy atom. The van der Waals surface area contributed by atoms with Crippen molar-refractivity contribution in [3.8, 4) is 0 Å². The Bertz CT molecular complexity index is 58.5. The second kappa shape index (κ2) is 7.83. The molecule has 0 aliphatic heterocycles. The lowest BCUT2D eigenvalue weighted by atomic mass is 10.3. The van der Waals surface area contributed by atoms with Gasteiger partial charge in [0, 0.05) is 0 Å². The molecule has 0 radical (unpaired) electrons. The molecule has 0 spiro atoms. The van der Waals surface area contributed by atoms with Gasteiger partial charge in [-0.15, -0.1) is 0 Å². The van der Waals surface area contributed by atoms with E-state index in [9.17, 15) is 0 Å². The molecule has 0 unspecified atom stereocenters. The SMILES string of the molecule is CCNB(SCC)SCC. The van der Waals surface area contributed by atoms with Gasteiger partial charge in [0.15, 0.2) is 0 Å². The van der Waals surface area contributed by atoms with Gasteiger partial charge in [0.05, 0.1) is 0 Å². The third-order valence-corrected chi connectivity index (χ3v) is 3.43. The zero-order valence-corrected chi connectivity index (χ0v) is 8.65. The van der Waals surface area contributed by atoms with Gasteiger partial charge in [-0.2, -0.15) is 23.2 Å². The van der Waals surface area contributed by atoms with Crippen molar-refractivity contribution in [1.29, 1.82) is 0 Å². The van der Waals surface area contributed by atoms with Crippen LogP contribution in [0.25, 0.3) is 0 Å². The topological polar surface area (TPSA) is 12.0 Å². The summed E-state index contributed by atoms with van der Waals surface area (Å²) in [7, 11) is 0. The van der Waals surface area contributed by atoms with Crippen LogP contribution in [0.15, 0.2) is 0 Å². The number of hydrogen-bond acceptors (Lipinski definition) is 3. The minimum absolute atomic E-state index is 0.611. The Balaban J connectivity index is 3.30. The minimum atomic E-state index is 0.611. The Labute approximate surface area is 73.0 Å². The van der Waals surface area contributed by atoms with Gasteiger partial charge < -0.3 is 5.23 Å². The summed E-state index contributed by atoms with van der Waals surface area (Å²) in [6, 6.07) is 0. The maximum atomic E-state index is 3.41. The van der Waals surface area contributed by atoms with Crippen molar-refractivity contribution in [2.24, 2.45) is 0 Å². The van der Waals surface area contributed by atoms with Gasteiger partial charge in [-0.05, 0) is 18.1 Å². The molecule has 1 nitrogen and oxygen atoms in total. The average molecular weight is 177 g/mol. The Morgan fingerprint density at radius 1 is 1.10 bits per heavy atom. The summed E-state index contributed by atoms with van der Waals surface area (Å²) in [5.41, 5.74) is 0. The Morgan fingerprint density at radius 3 is 1.90 bits per heavy atom. The van der Waals surface area contributed by atoms with Crippen molar-refractivity contribution < 1.29 is 0 Å². The summed E-state index contributed by atoms with van der Waals surface area (Å²) in [6.07, 6.45) is 0. The van der Waals surface area contributed by atoms with Gasteiger partial charge >= 0.3 is 5.40 Å². The highest BCUT2D eigenvalue weighted by atomic mass is 32.2. The highest BCUT2D eigenvalue weighted by molar-refractivity contribution is 8.53. The Kier molecular flexibility index (Phi) is 8.40. The van der Waals surface area contributed by atoms with Crippen LogP contribution < -0.4 is 5.23 Å². The molecule has 10 heavy (non-hydrogen) atoms. The number of nitrogens with one attached hydrogen (secondary N) is 1. The Hall–Kier alpha value is 0.725. The lowest BCUT2D eigenvalue weighted by molar-refractivity contribution is 1.01. The van der Waals surface area contributed by atoms with Crippen LogP contribution in [0, 0.1) is 0 Å². The molecule has 0 aromatic carbocycles. The summed E-state index contributed by atoms with van der Waals surface area (Å²) in [5.74, 6) is 2.40. The zero-order valence-electron chi connectivity index (χ0n) is 7.02. The number of hydrogen-bond donors (Lipinski definition) is 1. The van der Waals surface area contributed by atoms with Crippen LogP contribution in [0.4, 0.5) is 0 Å². The molecule has 0 aliphatic carbocycles. The first-order chi connectivity index (χ1) is 4.85. The summed E-state index contributed by atoms with van der Waals surface area (Å²) < 4.78 is 0. The lowest BCUT2D eigenvalue weighted by Crippen LogP contribution is -2.28. The van der Waals surface area contributed by atoms with Gasteiger partial charge in [-0.25, -0.2) is 0 Å². The standard InChI is InChI=1S/C6H16BNS2/c1-4-8-7(9-5-2)10-6-3/h8H,4-6H2,1-3H3. The van der Waals surface area contributed by atoms with E-state index in [1.807, 2.05) is 23.2 Å². The minimum Gasteiger partial charge on any atom is -0.337 e. The first-order valence-electron chi connectivity index (χ1n) is 3.81. The molecule has 0 saturated heterocycles. The van der Waals surface area contributed by atoms with Crippen LogP contribution in [0.5, 0.6) is 0 Å². The van der Waals surface area contributed by atoms with E-state index < -0.39 is 0 Å². The lowest BCUT2D eigenvalue weighted by Gasteiger charge is -2.09. The van der Waals surface area contributed by atoms with Gasteiger partial charge in [-0.3, -0.25) is 0 Å². The smallest absolute Gasteiger partial charge is 0.337 e. The van der Waals surface area contributed by atoms with Crippen molar-refractivity contribution in [3.05, 3.63) is 0 Å². The zero-order chi connectivity index (χ0) is 7.82. The summed E-state index contributed by atoms with van der Waals surface area (Å²) in [6.45, 7) is 7.63. The van der Waals surface area contributed by atoms with Gasteiger partial charge in [0.25, 0.3) is 0 Å². The molecule has 0 saturated carbocycles. The maximum absolute atomic E-state index is 3.41. The molecule has 0 amide bonds. The van der Waals surface area contributed by atoms with Crippen molar-refractivity contribution in [2.75, 3.05) is 18.1 Å². The van der Waals surface area contributed by atoms with E-state index in [1.54, 1.807) is 0 Å². The van der Waals surface area contributed by atoms with E-state index in [0.29, 0.717) is 5.40 Å². The molecule has 4 heteroatoms. The van der Waals surface area contributed by atoms with Crippen LogP contribution >= 0.6 is 23.2 Å². The highest BCUT2D eigenvalue weighted by Gasteiger charge is 2.10. The van der Waals surface area contributed by atoms with Crippen LogP contribution in [-0.2, 0) is 0 Å². The molecule has 0 rings (SSSR count). The van der Waals surface area contributed by atoms with Crippen molar-refractivity contribution in [1.82, 2.24) is 5.23 Å². The summed E-state index contributed by atoms with van der Waals surface area (Å²) in [4.78, 5) is 0. The van der Waals surface area contributed by atoms with Gasteiger partial charge in [-0.1, -0.05) is 20.8 Å². The molecule has 0 aromatic heterocycles. The molecular weight excluding hydrogens is 161 g/mol. The largest absolute Gasteiger partial charge is 0.358 e. The van der Waals surface area contributed by atoms with Gasteiger partial charge in [0.2, 0.25) is 0 Å². The molecule has 0 atom stereocenters. The second-order valence-electron chi connectivity index (χ2n) is 1.80. The van der Waals surface area contributed by atoms with E-state index in [4.69, 9.17) is 0 Å². The number of rotatable bonds is 6. The van der Waals surface area contributed by atoms with Crippen LogP contribution in [0.2, 0.25) is 0 Å². The predicted octanol–water partition coefficient (Wildman–Crippen LogP) is 2.09. The van der Waals surface area contributed by atoms with Crippen LogP contribution in [0.3, 0.4) is 0 Å². The molecular formula is C6H16BNS2. The third kappa shape index (κ3) is 5.51. The average Bonchev–Trinajstić information content (AvgIpc) is 1.90. The van der Waals surface area contributed by atoms with E-state index in [1.165, 1.54) is 11.5 Å². The molecule has 0 heterocycles. The molecule has 0 aliphatic rings. The molecule has 0 fully saturated rings. The highest BCUT2D eigenvalue weighted by Crippen LogP contribution is 2.15. The van der Waals surface area contributed by atoms with Crippen LogP contribution in [0.1, 0.15) is 20.8 Å². The normalized spacial score (nSPS) is 9.90. The molecule has 60 valence electrons. The van der Waals surface area contributed by atoms with Crippen molar-refractivity contribution in [2.45, 2.75) is 20.8 Å². The van der Waals surface area contributed by atoms with Crippen LogP contribution in [-0.4, -0.2) is 23.5 Å². The quantitative estimate of drug-likeness (QED) is 0.624. The fraction of sp³-hybridized carbons (Fsp3) is 1.00. The molecule has 1 N–H and O–H groups in total. The first-order valence-corrected chi connectivity index (χ1v) is 5.91. The summed E-state index contributed by atoms with van der Waals surface area (Å²) >= 11 is 3.95.